The molecule has 0 saturated heterocycles. The third-order valence-corrected chi connectivity index (χ3v) is 3.57. The predicted octanol–water partition coefficient (Wildman–Crippen LogP) is 2.43. The Morgan fingerprint density at radius 1 is 1.27 bits per heavy atom. The van der Waals surface area contributed by atoms with Gasteiger partial charge in [0, 0.05) is 31.2 Å². The minimum Gasteiger partial charge on any atom is -0.383 e. The molecule has 5 nitrogen and oxygen atoms in total. The van der Waals surface area contributed by atoms with Gasteiger partial charge in [0.25, 0.3) is 0 Å². The predicted molar refractivity (Wildman–Crippen MR) is 92.2 cm³/mol. The number of aromatic nitrogens is 2. The quantitative estimate of drug-likeness (QED) is 0.801. The molecule has 0 aliphatic heterocycles. The van der Waals surface area contributed by atoms with Crippen LogP contribution in [0.3, 0.4) is 0 Å². The Labute approximate surface area is 136 Å². The molecule has 2 rings (SSSR count). The Kier molecular flexibility index (Phi) is 5.91. The van der Waals surface area contributed by atoms with E-state index < -0.39 is 0 Å². The summed E-state index contributed by atoms with van der Waals surface area (Å²) in [5.74, 6) is 0. The van der Waals surface area contributed by atoms with Crippen LogP contribution < -0.4 is 10.6 Å². The fraction of sp³-hybridized carbons (Fsp3) is 0.375. The third kappa shape index (κ3) is 4.54. The highest BCUT2D eigenvalue weighted by molar-refractivity contribution is 7.80. The van der Waals surface area contributed by atoms with E-state index in [1.807, 2.05) is 17.7 Å². The normalized spacial score (nSPS) is 13.4. The summed E-state index contributed by atoms with van der Waals surface area (Å²) in [4.78, 5) is 4.05. The minimum atomic E-state index is 0.131. The molecule has 0 radical (unpaired) electrons. The molecule has 6 heteroatoms. The average Bonchev–Trinajstić information content (AvgIpc) is 3.01. The highest BCUT2D eigenvalue weighted by Gasteiger charge is 2.09. The maximum Gasteiger partial charge on any atom is 0.167 e. The number of nitrogens with one attached hydrogen (secondary N) is 2. The number of rotatable bonds is 6. The van der Waals surface area contributed by atoms with Crippen LogP contribution in [-0.4, -0.2) is 34.4 Å². The van der Waals surface area contributed by atoms with Gasteiger partial charge in [-0.15, -0.1) is 0 Å². The van der Waals surface area contributed by atoms with Gasteiger partial charge in [0.2, 0.25) is 0 Å². The largest absolute Gasteiger partial charge is 0.383 e. The summed E-state index contributed by atoms with van der Waals surface area (Å²) in [7, 11) is 1.68. The minimum absolute atomic E-state index is 0.131. The molecule has 1 aromatic carbocycles. The van der Waals surface area contributed by atoms with E-state index in [2.05, 4.69) is 46.8 Å². The summed E-state index contributed by atoms with van der Waals surface area (Å²) in [6, 6.07) is 8.63. The van der Waals surface area contributed by atoms with Gasteiger partial charge in [-0.2, -0.15) is 0 Å². The molecule has 0 fully saturated rings. The number of methoxy groups -OCH3 is 1. The number of hydrogen-bond donors (Lipinski definition) is 2. The van der Waals surface area contributed by atoms with Crippen molar-refractivity contribution < 1.29 is 4.74 Å². The van der Waals surface area contributed by atoms with Gasteiger partial charge in [-0.05, 0) is 43.8 Å². The molecular weight excluding hydrogens is 296 g/mol. The second kappa shape index (κ2) is 7.91. The summed E-state index contributed by atoms with van der Waals surface area (Å²) in [5, 5.41) is 7.12. The van der Waals surface area contributed by atoms with Crippen LogP contribution in [0.5, 0.6) is 0 Å². The first kappa shape index (κ1) is 16.5. The molecule has 0 saturated carbocycles. The first-order chi connectivity index (χ1) is 10.6. The number of thiocarbonyl (C=S) groups is 1. The molecule has 118 valence electrons. The zero-order valence-corrected chi connectivity index (χ0v) is 13.9. The summed E-state index contributed by atoms with van der Waals surface area (Å²) >= 11 is 5.32. The molecule has 1 heterocycles. The van der Waals surface area contributed by atoms with E-state index in [-0.39, 0.29) is 12.1 Å². The third-order valence-electron chi connectivity index (χ3n) is 3.34. The first-order valence-corrected chi connectivity index (χ1v) is 7.65. The van der Waals surface area contributed by atoms with E-state index in [1.54, 1.807) is 19.6 Å². The molecular formula is C16H22N4OS. The van der Waals surface area contributed by atoms with E-state index in [1.165, 1.54) is 5.56 Å². The Balaban J connectivity index is 1.92. The smallest absolute Gasteiger partial charge is 0.167 e. The monoisotopic (exact) mass is 318 g/mol. The maximum absolute atomic E-state index is 5.32. The van der Waals surface area contributed by atoms with Crippen molar-refractivity contribution in [3.8, 4) is 5.69 Å². The lowest BCUT2D eigenvalue weighted by molar-refractivity contribution is 0.179. The lowest BCUT2D eigenvalue weighted by Gasteiger charge is -2.20. The topological polar surface area (TPSA) is 51.1 Å². The second-order valence-corrected chi connectivity index (χ2v) is 5.67. The van der Waals surface area contributed by atoms with Gasteiger partial charge in [0.1, 0.15) is 0 Å². The van der Waals surface area contributed by atoms with Crippen LogP contribution in [0.4, 0.5) is 0 Å². The van der Waals surface area contributed by atoms with Crippen LogP contribution in [0.1, 0.15) is 25.5 Å². The van der Waals surface area contributed by atoms with Gasteiger partial charge in [0.05, 0.1) is 19.0 Å². The van der Waals surface area contributed by atoms with Gasteiger partial charge in [-0.3, -0.25) is 0 Å². The molecule has 0 spiro atoms. The molecule has 2 unspecified atom stereocenters. The van der Waals surface area contributed by atoms with Crippen LogP contribution >= 0.6 is 12.2 Å². The van der Waals surface area contributed by atoms with Crippen molar-refractivity contribution in [1.29, 1.82) is 0 Å². The Morgan fingerprint density at radius 3 is 2.59 bits per heavy atom. The van der Waals surface area contributed by atoms with Crippen molar-refractivity contribution in [2.45, 2.75) is 25.9 Å². The highest BCUT2D eigenvalue weighted by Crippen LogP contribution is 2.15. The van der Waals surface area contributed by atoms with E-state index in [0.29, 0.717) is 11.7 Å². The zero-order valence-electron chi connectivity index (χ0n) is 13.1. The lowest BCUT2D eigenvalue weighted by atomic mass is 10.1. The van der Waals surface area contributed by atoms with Crippen LogP contribution in [0.2, 0.25) is 0 Å². The molecule has 2 N–H and O–H groups in total. The maximum atomic E-state index is 5.32. The molecule has 2 aromatic rings. The van der Waals surface area contributed by atoms with Crippen LogP contribution in [0, 0.1) is 0 Å². The standard InChI is InChI=1S/C16H22N4OS/c1-12(10-21-3)18-16(22)19-13(2)14-4-6-15(7-5-14)20-9-8-17-11-20/h4-9,11-13H,10H2,1-3H3,(H2,18,19,22). The first-order valence-electron chi connectivity index (χ1n) is 7.24. The van der Waals surface area contributed by atoms with Crippen LogP contribution in [-0.2, 0) is 4.74 Å². The summed E-state index contributed by atoms with van der Waals surface area (Å²) in [6.07, 6.45) is 5.48. The van der Waals surface area contributed by atoms with Gasteiger partial charge >= 0.3 is 0 Å². The molecule has 0 amide bonds. The molecule has 2 atom stereocenters. The second-order valence-electron chi connectivity index (χ2n) is 5.26. The fourth-order valence-electron chi connectivity index (χ4n) is 2.18. The number of hydrogen-bond acceptors (Lipinski definition) is 3. The number of ether oxygens (including phenoxy) is 1. The van der Waals surface area contributed by atoms with E-state index >= 15 is 0 Å². The van der Waals surface area contributed by atoms with Gasteiger partial charge in [-0.25, -0.2) is 4.98 Å². The number of benzene rings is 1. The molecule has 0 bridgehead atoms. The van der Waals surface area contributed by atoms with Gasteiger partial charge in [0.15, 0.2) is 5.11 Å². The summed E-state index contributed by atoms with van der Waals surface area (Å²) < 4.78 is 7.06. The Morgan fingerprint density at radius 2 is 2.00 bits per heavy atom. The number of nitrogens with zero attached hydrogens (tertiary/aromatic N) is 2. The van der Waals surface area contributed by atoms with E-state index in [4.69, 9.17) is 17.0 Å². The van der Waals surface area contributed by atoms with Crippen molar-refractivity contribution in [3.05, 3.63) is 48.5 Å². The average molecular weight is 318 g/mol. The van der Waals surface area contributed by atoms with Crippen molar-refractivity contribution >= 4 is 17.3 Å². The molecule has 1 aromatic heterocycles. The van der Waals surface area contributed by atoms with Gasteiger partial charge < -0.3 is 19.9 Å². The molecule has 0 aliphatic rings. The van der Waals surface area contributed by atoms with Crippen molar-refractivity contribution in [2.75, 3.05) is 13.7 Å². The van der Waals surface area contributed by atoms with Crippen molar-refractivity contribution in [1.82, 2.24) is 20.2 Å². The van der Waals surface area contributed by atoms with Crippen molar-refractivity contribution in [3.63, 3.8) is 0 Å². The fourth-order valence-corrected chi connectivity index (χ4v) is 2.56. The Bertz CT molecular complexity index is 583. The molecule has 0 aliphatic carbocycles. The lowest BCUT2D eigenvalue weighted by Crippen LogP contribution is -2.43. The highest BCUT2D eigenvalue weighted by atomic mass is 32.1. The Hall–Kier alpha value is -1.92. The summed E-state index contributed by atoms with van der Waals surface area (Å²) in [6.45, 7) is 4.74. The molecule has 22 heavy (non-hydrogen) atoms. The van der Waals surface area contributed by atoms with Gasteiger partial charge in [-0.1, -0.05) is 12.1 Å². The van der Waals surface area contributed by atoms with E-state index in [9.17, 15) is 0 Å². The SMILES string of the molecule is COCC(C)NC(=S)NC(C)c1ccc(-n2ccnc2)cc1. The van der Waals surface area contributed by atoms with Crippen LogP contribution in [0.15, 0.2) is 43.0 Å². The number of imidazole rings is 1. The summed E-state index contributed by atoms with van der Waals surface area (Å²) in [5.41, 5.74) is 2.26. The zero-order chi connectivity index (χ0) is 15.9. The van der Waals surface area contributed by atoms with Crippen LogP contribution in [0.25, 0.3) is 5.69 Å². The van der Waals surface area contributed by atoms with E-state index in [0.717, 1.165) is 5.69 Å². The van der Waals surface area contributed by atoms with Crippen molar-refractivity contribution in [2.24, 2.45) is 0 Å².